The molecule has 4 heteroatoms. The van der Waals surface area contributed by atoms with Gasteiger partial charge < -0.3 is 20.1 Å². The zero-order chi connectivity index (χ0) is 13.2. The van der Waals surface area contributed by atoms with Crippen LogP contribution in [0, 0.1) is 5.41 Å². The zero-order valence-corrected chi connectivity index (χ0v) is 11.4. The van der Waals surface area contributed by atoms with E-state index in [0.717, 1.165) is 30.3 Å². The van der Waals surface area contributed by atoms with E-state index in [0.29, 0.717) is 5.41 Å². The van der Waals surface area contributed by atoms with Gasteiger partial charge in [0.1, 0.15) is 11.5 Å². The first kappa shape index (κ1) is 13.0. The number of anilines is 1. The third-order valence-corrected chi connectivity index (χ3v) is 3.76. The molecule has 18 heavy (non-hydrogen) atoms. The highest BCUT2D eigenvalue weighted by Gasteiger charge is 2.42. The summed E-state index contributed by atoms with van der Waals surface area (Å²) in [7, 11) is 5.42. The molecule has 0 atom stereocenters. The Morgan fingerprint density at radius 1 is 1.28 bits per heavy atom. The Kier molecular flexibility index (Phi) is 3.66. The van der Waals surface area contributed by atoms with Crippen LogP contribution in [0.4, 0.5) is 5.69 Å². The maximum Gasteiger partial charge on any atom is 0.145 e. The smallest absolute Gasteiger partial charge is 0.145 e. The van der Waals surface area contributed by atoms with Crippen molar-refractivity contribution in [3.8, 4) is 11.5 Å². The molecule has 0 radical (unpaired) electrons. The quantitative estimate of drug-likeness (QED) is 0.837. The summed E-state index contributed by atoms with van der Waals surface area (Å²) in [6, 6.07) is 5.90. The van der Waals surface area contributed by atoms with Crippen LogP contribution in [0.5, 0.6) is 11.5 Å². The second kappa shape index (κ2) is 5.06. The van der Waals surface area contributed by atoms with E-state index in [1.807, 2.05) is 18.2 Å². The van der Waals surface area contributed by atoms with E-state index in [-0.39, 0.29) is 0 Å². The predicted octanol–water partition coefficient (Wildman–Crippen LogP) is 1.88. The van der Waals surface area contributed by atoms with Gasteiger partial charge in [-0.25, -0.2) is 0 Å². The number of nitrogens with zero attached hydrogens (tertiary/aromatic N) is 1. The monoisotopic (exact) mass is 250 g/mol. The fraction of sp³-hybridized carbons (Fsp3) is 0.571. The number of hydrogen-bond acceptors (Lipinski definition) is 4. The molecule has 0 aliphatic heterocycles. The molecule has 1 saturated carbocycles. The molecule has 0 amide bonds. The van der Waals surface area contributed by atoms with Gasteiger partial charge in [-0.1, -0.05) is 0 Å². The van der Waals surface area contributed by atoms with Crippen molar-refractivity contribution in [3.05, 3.63) is 18.2 Å². The average molecular weight is 250 g/mol. The lowest BCUT2D eigenvalue weighted by atomic mass is 10.1. The Morgan fingerprint density at radius 2 is 2.00 bits per heavy atom. The molecule has 100 valence electrons. The van der Waals surface area contributed by atoms with Crippen LogP contribution in [0.25, 0.3) is 0 Å². The SMILES string of the molecule is COc1ccc(N(C)CC2(CN)CC2)c(OC)c1. The maximum absolute atomic E-state index is 5.83. The third kappa shape index (κ3) is 2.53. The Labute approximate surface area is 109 Å². The molecule has 0 bridgehead atoms. The first-order chi connectivity index (χ1) is 8.64. The van der Waals surface area contributed by atoms with Crippen LogP contribution in [0.1, 0.15) is 12.8 Å². The summed E-state index contributed by atoms with van der Waals surface area (Å²) < 4.78 is 10.6. The van der Waals surface area contributed by atoms with Crippen LogP contribution in [0.3, 0.4) is 0 Å². The molecule has 0 unspecified atom stereocenters. The molecular weight excluding hydrogens is 228 g/mol. The largest absolute Gasteiger partial charge is 0.497 e. The fourth-order valence-corrected chi connectivity index (χ4v) is 2.29. The summed E-state index contributed by atoms with van der Waals surface area (Å²) in [4.78, 5) is 2.22. The van der Waals surface area contributed by atoms with Crippen molar-refractivity contribution in [2.75, 3.05) is 39.3 Å². The summed E-state index contributed by atoms with van der Waals surface area (Å²) in [6.45, 7) is 1.74. The molecule has 1 aliphatic carbocycles. The number of rotatable bonds is 6. The molecule has 1 aliphatic rings. The molecule has 2 rings (SSSR count). The van der Waals surface area contributed by atoms with Crippen molar-refractivity contribution in [1.29, 1.82) is 0 Å². The molecule has 0 aromatic heterocycles. The lowest BCUT2D eigenvalue weighted by Gasteiger charge is -2.26. The van der Waals surface area contributed by atoms with E-state index < -0.39 is 0 Å². The van der Waals surface area contributed by atoms with Gasteiger partial charge in [-0.15, -0.1) is 0 Å². The van der Waals surface area contributed by atoms with Crippen molar-refractivity contribution in [1.82, 2.24) is 0 Å². The first-order valence-electron chi connectivity index (χ1n) is 6.27. The van der Waals surface area contributed by atoms with Gasteiger partial charge in [0.05, 0.1) is 19.9 Å². The fourth-order valence-electron chi connectivity index (χ4n) is 2.29. The van der Waals surface area contributed by atoms with Crippen molar-refractivity contribution >= 4 is 5.69 Å². The second-order valence-corrected chi connectivity index (χ2v) is 5.10. The maximum atomic E-state index is 5.83. The number of benzene rings is 1. The Balaban J connectivity index is 2.16. The van der Waals surface area contributed by atoms with Crippen molar-refractivity contribution in [2.45, 2.75) is 12.8 Å². The van der Waals surface area contributed by atoms with E-state index in [9.17, 15) is 0 Å². The van der Waals surface area contributed by atoms with E-state index in [1.165, 1.54) is 12.8 Å². The van der Waals surface area contributed by atoms with Crippen LogP contribution in [-0.2, 0) is 0 Å². The molecule has 2 N–H and O–H groups in total. The van der Waals surface area contributed by atoms with E-state index in [1.54, 1.807) is 14.2 Å². The lowest BCUT2D eigenvalue weighted by molar-refractivity contribution is 0.393. The highest BCUT2D eigenvalue weighted by molar-refractivity contribution is 5.60. The predicted molar refractivity (Wildman–Crippen MR) is 73.5 cm³/mol. The number of methoxy groups -OCH3 is 2. The minimum Gasteiger partial charge on any atom is -0.497 e. The van der Waals surface area contributed by atoms with E-state index in [4.69, 9.17) is 15.2 Å². The Bertz CT molecular complexity index is 416. The zero-order valence-electron chi connectivity index (χ0n) is 11.4. The third-order valence-electron chi connectivity index (χ3n) is 3.76. The number of ether oxygens (including phenoxy) is 2. The summed E-state index contributed by atoms with van der Waals surface area (Å²) in [6.07, 6.45) is 2.46. The van der Waals surface area contributed by atoms with Gasteiger partial charge in [0.25, 0.3) is 0 Å². The molecule has 0 spiro atoms. The van der Waals surface area contributed by atoms with E-state index in [2.05, 4.69) is 11.9 Å². The Hall–Kier alpha value is -1.42. The van der Waals surface area contributed by atoms with Gasteiger partial charge in [-0.05, 0) is 31.5 Å². The molecule has 0 heterocycles. The van der Waals surface area contributed by atoms with Crippen LogP contribution >= 0.6 is 0 Å². The topological polar surface area (TPSA) is 47.7 Å². The Morgan fingerprint density at radius 3 is 2.50 bits per heavy atom. The van der Waals surface area contributed by atoms with Gasteiger partial charge in [0, 0.05) is 25.1 Å². The average Bonchev–Trinajstić information content (AvgIpc) is 3.18. The summed E-state index contributed by atoms with van der Waals surface area (Å²) in [5.74, 6) is 1.65. The molecule has 1 aromatic carbocycles. The van der Waals surface area contributed by atoms with Gasteiger partial charge in [0.15, 0.2) is 0 Å². The lowest BCUT2D eigenvalue weighted by Crippen LogP contribution is -2.31. The van der Waals surface area contributed by atoms with Crippen molar-refractivity contribution in [2.24, 2.45) is 11.1 Å². The van der Waals surface area contributed by atoms with Crippen LogP contribution in [-0.4, -0.2) is 34.4 Å². The van der Waals surface area contributed by atoms with Crippen LogP contribution in [0.2, 0.25) is 0 Å². The standard InChI is InChI=1S/C14H22N2O2/c1-16(10-14(9-15)6-7-14)12-5-4-11(17-2)8-13(12)18-3/h4-5,8H,6-7,9-10,15H2,1-3H3. The van der Waals surface area contributed by atoms with Crippen LogP contribution in [0.15, 0.2) is 18.2 Å². The van der Waals surface area contributed by atoms with Crippen molar-refractivity contribution < 1.29 is 9.47 Å². The van der Waals surface area contributed by atoms with Gasteiger partial charge >= 0.3 is 0 Å². The molecule has 1 fully saturated rings. The summed E-state index contributed by atoms with van der Waals surface area (Å²) >= 11 is 0. The van der Waals surface area contributed by atoms with Crippen LogP contribution < -0.4 is 20.1 Å². The van der Waals surface area contributed by atoms with Gasteiger partial charge in [-0.3, -0.25) is 0 Å². The highest BCUT2D eigenvalue weighted by Crippen LogP contribution is 2.46. The minimum absolute atomic E-state index is 0.319. The summed E-state index contributed by atoms with van der Waals surface area (Å²) in [5.41, 5.74) is 7.23. The highest BCUT2D eigenvalue weighted by atomic mass is 16.5. The van der Waals surface area contributed by atoms with E-state index >= 15 is 0 Å². The first-order valence-corrected chi connectivity index (χ1v) is 6.27. The van der Waals surface area contributed by atoms with Gasteiger partial charge in [-0.2, -0.15) is 0 Å². The number of nitrogens with two attached hydrogens (primary N) is 1. The normalized spacial score (nSPS) is 16.2. The van der Waals surface area contributed by atoms with Crippen molar-refractivity contribution in [3.63, 3.8) is 0 Å². The minimum atomic E-state index is 0.319. The number of hydrogen-bond donors (Lipinski definition) is 1. The summed E-state index contributed by atoms with van der Waals surface area (Å²) in [5, 5.41) is 0. The van der Waals surface area contributed by atoms with Gasteiger partial charge in [0.2, 0.25) is 0 Å². The molecule has 0 saturated heterocycles. The molecule has 4 nitrogen and oxygen atoms in total. The molecular formula is C14H22N2O2. The molecule has 1 aromatic rings. The second-order valence-electron chi connectivity index (χ2n) is 5.10.